The van der Waals surface area contributed by atoms with Crippen LogP contribution in [0.2, 0.25) is 5.02 Å². The largest absolute Gasteiger partial charge is 0.465 e. The second-order valence-corrected chi connectivity index (χ2v) is 8.25. The van der Waals surface area contributed by atoms with Crippen LogP contribution in [0.1, 0.15) is 39.6 Å². The first-order valence-corrected chi connectivity index (χ1v) is 10.9. The predicted molar refractivity (Wildman–Crippen MR) is 125 cm³/mol. The van der Waals surface area contributed by atoms with Gasteiger partial charge in [-0.25, -0.2) is 14.2 Å². The first-order valence-electron chi connectivity index (χ1n) is 10.5. The molecule has 174 valence electrons. The molecule has 3 heterocycles. The number of pyridine rings is 1. The van der Waals surface area contributed by atoms with Gasteiger partial charge in [-0.2, -0.15) is 5.10 Å². The van der Waals surface area contributed by atoms with Crippen LogP contribution < -0.4 is 5.32 Å². The van der Waals surface area contributed by atoms with Crippen LogP contribution in [0, 0.1) is 18.8 Å². The Hall–Kier alpha value is -3.90. The molecule has 4 rings (SSSR count). The molecule has 2 amide bonds. The number of aryl methyl sites for hydroxylation is 1. The molecule has 0 bridgehead atoms. The minimum Gasteiger partial charge on any atom is -0.465 e. The molecule has 2 aromatic heterocycles. The van der Waals surface area contributed by atoms with E-state index in [-0.39, 0.29) is 30.2 Å². The Morgan fingerprint density at radius 3 is 2.62 bits per heavy atom. The molecule has 0 unspecified atom stereocenters. The Morgan fingerprint density at radius 1 is 1.21 bits per heavy atom. The van der Waals surface area contributed by atoms with Crippen LogP contribution in [0.4, 0.5) is 15.0 Å². The first-order chi connectivity index (χ1) is 16.3. The average molecular weight is 482 g/mol. The molecule has 3 aromatic rings. The summed E-state index contributed by atoms with van der Waals surface area (Å²) in [5, 5.41) is 16.0. The zero-order chi connectivity index (χ0) is 24.2. The fraction of sp³-hybridized carbons (Fsp3) is 0.250. The van der Waals surface area contributed by atoms with Gasteiger partial charge in [0.05, 0.1) is 23.8 Å². The second kappa shape index (κ2) is 9.93. The van der Waals surface area contributed by atoms with Gasteiger partial charge >= 0.3 is 6.09 Å². The number of piperidine rings is 1. The third-order valence-electron chi connectivity index (χ3n) is 5.49. The standard InChI is InChI=1S/C24H21ClFN5O3/c1-15-11-17(8-7-16-5-3-2-4-6-16)12-27-22(15)29-23(32)21-18(25)13-28-31(21)20-9-10-30(24(33)34)14-19(20)26/h2-6,11-13,19-20H,9-10,14H2,1H3,(H,33,34)(H,27,29,32)/t19-,20-/m1/s1. The van der Waals surface area contributed by atoms with Gasteiger partial charge in [0.2, 0.25) is 0 Å². The highest BCUT2D eigenvalue weighted by Crippen LogP contribution is 2.29. The van der Waals surface area contributed by atoms with Crippen LogP contribution in [0.3, 0.4) is 0 Å². The number of alkyl halides is 1. The molecule has 0 saturated carbocycles. The Morgan fingerprint density at radius 2 is 1.94 bits per heavy atom. The number of hydrogen-bond donors (Lipinski definition) is 2. The highest BCUT2D eigenvalue weighted by molar-refractivity contribution is 6.34. The van der Waals surface area contributed by atoms with E-state index in [1.807, 2.05) is 30.3 Å². The molecule has 34 heavy (non-hydrogen) atoms. The maximum atomic E-state index is 14.8. The van der Waals surface area contributed by atoms with E-state index in [2.05, 4.69) is 27.2 Å². The van der Waals surface area contributed by atoms with Crippen LogP contribution in [-0.2, 0) is 0 Å². The van der Waals surface area contributed by atoms with Crippen molar-refractivity contribution in [3.05, 3.63) is 76.2 Å². The van der Waals surface area contributed by atoms with Gasteiger partial charge in [0.15, 0.2) is 0 Å². The van der Waals surface area contributed by atoms with Gasteiger partial charge in [-0.3, -0.25) is 9.48 Å². The van der Waals surface area contributed by atoms with Crippen molar-refractivity contribution in [2.45, 2.75) is 25.6 Å². The van der Waals surface area contributed by atoms with Gasteiger partial charge in [0.1, 0.15) is 17.7 Å². The molecule has 1 aromatic carbocycles. The summed E-state index contributed by atoms with van der Waals surface area (Å²) in [5.41, 5.74) is 2.24. The number of aromatic nitrogens is 3. The SMILES string of the molecule is Cc1cc(C#Cc2ccccc2)cnc1NC(=O)c1c(Cl)cnn1[C@@H]1CCN(C(=O)O)C[C@H]1F. The zero-order valence-corrected chi connectivity index (χ0v) is 19.0. The molecule has 2 N–H and O–H groups in total. The van der Waals surface area contributed by atoms with Gasteiger partial charge in [0.25, 0.3) is 5.91 Å². The Labute approximate surface area is 200 Å². The summed E-state index contributed by atoms with van der Waals surface area (Å²) in [5.74, 6) is 5.82. The van der Waals surface area contributed by atoms with E-state index in [9.17, 15) is 14.0 Å². The van der Waals surface area contributed by atoms with Crippen molar-refractivity contribution < 1.29 is 19.1 Å². The summed E-state index contributed by atoms with van der Waals surface area (Å²) < 4.78 is 16.0. The molecule has 8 nitrogen and oxygen atoms in total. The first kappa shape index (κ1) is 23.3. The van der Waals surface area contributed by atoms with E-state index in [0.717, 1.165) is 10.5 Å². The zero-order valence-electron chi connectivity index (χ0n) is 18.2. The monoisotopic (exact) mass is 481 g/mol. The number of benzene rings is 1. The lowest BCUT2D eigenvalue weighted by Crippen LogP contribution is -2.45. The Balaban J connectivity index is 1.51. The summed E-state index contributed by atoms with van der Waals surface area (Å²) in [6.45, 7) is 1.62. The average Bonchev–Trinajstić information content (AvgIpc) is 3.21. The predicted octanol–water partition coefficient (Wildman–Crippen LogP) is 4.15. The van der Waals surface area contributed by atoms with Crippen LogP contribution in [0.5, 0.6) is 0 Å². The van der Waals surface area contributed by atoms with E-state index in [1.54, 1.807) is 19.2 Å². The van der Waals surface area contributed by atoms with Crippen LogP contribution >= 0.6 is 11.6 Å². The number of halogens is 2. The second-order valence-electron chi connectivity index (χ2n) is 7.85. The fourth-order valence-corrected chi connectivity index (χ4v) is 3.97. The van der Waals surface area contributed by atoms with E-state index < -0.39 is 24.2 Å². The van der Waals surface area contributed by atoms with Crippen LogP contribution in [0.25, 0.3) is 0 Å². The molecule has 1 aliphatic heterocycles. The van der Waals surface area contributed by atoms with Crippen molar-refractivity contribution in [3.8, 4) is 11.8 Å². The van der Waals surface area contributed by atoms with Gasteiger partial charge in [-0.05, 0) is 37.1 Å². The number of carbonyl (C=O) groups excluding carboxylic acids is 1. The summed E-state index contributed by atoms with van der Waals surface area (Å²) >= 11 is 6.21. The molecule has 10 heteroatoms. The Kier molecular flexibility index (Phi) is 6.80. The van der Waals surface area contributed by atoms with Crippen LogP contribution in [0.15, 0.2) is 48.8 Å². The van der Waals surface area contributed by atoms with E-state index in [1.165, 1.54) is 10.9 Å². The summed E-state index contributed by atoms with van der Waals surface area (Å²) in [4.78, 5) is 29.5. The molecule has 2 atom stereocenters. The van der Waals surface area contributed by atoms with E-state index >= 15 is 0 Å². The Bertz CT molecular complexity index is 1280. The highest BCUT2D eigenvalue weighted by atomic mass is 35.5. The number of rotatable bonds is 3. The number of carbonyl (C=O) groups is 2. The smallest absolute Gasteiger partial charge is 0.407 e. The molecule has 0 radical (unpaired) electrons. The number of nitrogens with zero attached hydrogens (tertiary/aromatic N) is 4. The van der Waals surface area contributed by atoms with Crippen molar-refractivity contribution in [2.24, 2.45) is 0 Å². The maximum Gasteiger partial charge on any atom is 0.407 e. The number of amides is 2. The number of hydrogen-bond acceptors (Lipinski definition) is 4. The summed E-state index contributed by atoms with van der Waals surface area (Å²) in [6, 6.07) is 10.5. The molecular formula is C24H21ClFN5O3. The van der Waals surface area contributed by atoms with Crippen LogP contribution in [-0.4, -0.2) is 56.0 Å². The lowest BCUT2D eigenvalue weighted by atomic mass is 10.0. The van der Waals surface area contributed by atoms with Crippen molar-refractivity contribution in [1.29, 1.82) is 0 Å². The van der Waals surface area contributed by atoms with Gasteiger partial charge < -0.3 is 15.3 Å². The molecule has 0 aliphatic carbocycles. The molecule has 1 aliphatic rings. The summed E-state index contributed by atoms with van der Waals surface area (Å²) in [6.07, 6.45) is 0.273. The lowest BCUT2D eigenvalue weighted by molar-refractivity contribution is 0.0730. The molecule has 1 saturated heterocycles. The minimum atomic E-state index is -1.53. The van der Waals surface area contributed by atoms with Crippen molar-refractivity contribution in [1.82, 2.24) is 19.7 Å². The lowest BCUT2D eigenvalue weighted by Gasteiger charge is -2.33. The normalized spacial score (nSPS) is 17.6. The third kappa shape index (κ3) is 5.02. The fourth-order valence-electron chi connectivity index (χ4n) is 3.75. The summed E-state index contributed by atoms with van der Waals surface area (Å²) in [7, 11) is 0. The highest BCUT2D eigenvalue weighted by Gasteiger charge is 2.36. The third-order valence-corrected chi connectivity index (χ3v) is 5.77. The minimum absolute atomic E-state index is 0.00719. The van der Waals surface area contributed by atoms with Crippen molar-refractivity contribution in [2.75, 3.05) is 18.4 Å². The van der Waals surface area contributed by atoms with Gasteiger partial charge in [0, 0.05) is 23.9 Å². The topological polar surface area (TPSA) is 100 Å². The van der Waals surface area contributed by atoms with E-state index in [0.29, 0.717) is 16.9 Å². The number of anilines is 1. The van der Waals surface area contributed by atoms with Gasteiger partial charge in [-0.15, -0.1) is 0 Å². The van der Waals surface area contributed by atoms with Gasteiger partial charge in [-0.1, -0.05) is 41.6 Å². The van der Waals surface area contributed by atoms with Crippen molar-refractivity contribution >= 4 is 29.4 Å². The molecular weight excluding hydrogens is 461 g/mol. The number of likely N-dealkylation sites (tertiary alicyclic amines) is 1. The number of carboxylic acid groups (broad SMARTS) is 1. The molecule has 1 fully saturated rings. The number of nitrogens with one attached hydrogen (secondary N) is 1. The van der Waals surface area contributed by atoms with Crippen molar-refractivity contribution in [3.63, 3.8) is 0 Å². The molecule has 0 spiro atoms. The van der Waals surface area contributed by atoms with E-state index in [4.69, 9.17) is 16.7 Å². The maximum absolute atomic E-state index is 14.8. The quantitative estimate of drug-likeness (QED) is 0.547.